The number of aryl methyl sites for hydroxylation is 1. The van der Waals surface area contributed by atoms with E-state index in [1.807, 2.05) is 24.3 Å². The van der Waals surface area contributed by atoms with Gasteiger partial charge < -0.3 is 19.9 Å². The number of carbonyl (C=O) groups excluding carboxylic acids is 2. The van der Waals surface area contributed by atoms with Gasteiger partial charge in [0, 0.05) is 7.05 Å². The third-order valence-electron chi connectivity index (χ3n) is 4.84. The highest BCUT2D eigenvalue weighted by Crippen LogP contribution is 2.18. The van der Waals surface area contributed by atoms with Crippen LogP contribution in [0, 0.1) is 5.82 Å². The summed E-state index contributed by atoms with van der Waals surface area (Å²) in [7, 11) is 1.74. The predicted octanol–water partition coefficient (Wildman–Crippen LogP) is 3.33. The Morgan fingerprint density at radius 3 is 2.58 bits per heavy atom. The Labute approximate surface area is 195 Å². The van der Waals surface area contributed by atoms with Crippen molar-refractivity contribution in [1.29, 1.82) is 0 Å². The molecule has 0 aliphatic carbocycles. The lowest BCUT2D eigenvalue weighted by Crippen LogP contribution is -2.36. The van der Waals surface area contributed by atoms with Gasteiger partial charge in [-0.3, -0.25) is 9.59 Å². The molecule has 0 spiro atoms. The average molecular weight is 472 g/mol. The van der Waals surface area contributed by atoms with Crippen molar-refractivity contribution in [3.05, 3.63) is 65.7 Å². The summed E-state index contributed by atoms with van der Waals surface area (Å²) in [5.41, 5.74) is 1.32. The lowest BCUT2D eigenvalue weighted by atomic mass is 10.2. The third kappa shape index (κ3) is 6.79. The Morgan fingerprint density at radius 1 is 1.15 bits per heavy atom. The molecule has 2 aromatic carbocycles. The normalized spacial score (nSPS) is 11.6. The first kappa shape index (κ1) is 24.2. The first-order chi connectivity index (χ1) is 15.9. The molecule has 33 heavy (non-hydrogen) atoms. The molecule has 8 nitrogen and oxygen atoms in total. The van der Waals surface area contributed by atoms with Crippen LogP contribution in [0.2, 0.25) is 0 Å². The molecule has 3 rings (SSSR count). The molecule has 1 heterocycles. The Hall–Kier alpha value is -3.40. The molecular formula is C23H26FN5O3S. The Morgan fingerprint density at radius 2 is 1.88 bits per heavy atom. The van der Waals surface area contributed by atoms with Crippen molar-refractivity contribution in [3.63, 3.8) is 0 Å². The van der Waals surface area contributed by atoms with E-state index in [1.54, 1.807) is 30.7 Å². The smallest absolute Gasteiger partial charge is 0.261 e. The number of benzene rings is 2. The zero-order valence-electron chi connectivity index (χ0n) is 18.7. The van der Waals surface area contributed by atoms with Crippen molar-refractivity contribution in [3.8, 4) is 5.75 Å². The number of aromatic nitrogens is 3. The van der Waals surface area contributed by atoms with Crippen molar-refractivity contribution in [2.75, 3.05) is 11.1 Å². The Bertz CT molecular complexity index is 1100. The summed E-state index contributed by atoms with van der Waals surface area (Å²) < 4.78 is 21.0. The van der Waals surface area contributed by atoms with Crippen LogP contribution < -0.4 is 15.4 Å². The summed E-state index contributed by atoms with van der Waals surface area (Å²) in [6.45, 7) is 3.91. The van der Waals surface area contributed by atoms with Gasteiger partial charge in [0.25, 0.3) is 5.91 Å². The van der Waals surface area contributed by atoms with E-state index in [-0.39, 0.29) is 29.8 Å². The molecule has 0 fully saturated rings. The van der Waals surface area contributed by atoms with E-state index in [1.165, 1.54) is 17.7 Å². The van der Waals surface area contributed by atoms with E-state index >= 15 is 0 Å². The number of nitrogens with zero attached hydrogens (tertiary/aromatic N) is 3. The first-order valence-electron chi connectivity index (χ1n) is 10.5. The van der Waals surface area contributed by atoms with Gasteiger partial charge in [0.2, 0.25) is 5.91 Å². The fourth-order valence-corrected chi connectivity index (χ4v) is 3.60. The highest BCUT2D eigenvalue weighted by Gasteiger charge is 2.17. The number of hydrogen-bond acceptors (Lipinski definition) is 6. The molecule has 0 aliphatic rings. The van der Waals surface area contributed by atoms with Crippen LogP contribution in [-0.2, 0) is 29.6 Å². The number of hydrogen-bond donors (Lipinski definition) is 2. The molecule has 0 unspecified atom stereocenters. The molecule has 1 aromatic heterocycles. The lowest BCUT2D eigenvalue weighted by molar-refractivity contribution is -0.127. The van der Waals surface area contributed by atoms with Crippen molar-refractivity contribution in [1.82, 2.24) is 20.1 Å². The maximum absolute atomic E-state index is 13.6. The molecule has 2 N–H and O–H groups in total. The number of halogens is 1. The van der Waals surface area contributed by atoms with Crippen LogP contribution in [0.4, 0.5) is 10.1 Å². The van der Waals surface area contributed by atoms with E-state index in [9.17, 15) is 14.0 Å². The maximum Gasteiger partial charge on any atom is 0.261 e. The van der Waals surface area contributed by atoms with Gasteiger partial charge in [-0.25, -0.2) is 4.39 Å². The number of rotatable bonds is 10. The summed E-state index contributed by atoms with van der Waals surface area (Å²) in [6.07, 6.45) is 0.256. The Kier molecular flexibility index (Phi) is 8.42. The van der Waals surface area contributed by atoms with E-state index < -0.39 is 11.9 Å². The maximum atomic E-state index is 13.6. The molecule has 10 heteroatoms. The highest BCUT2D eigenvalue weighted by molar-refractivity contribution is 7.99. The molecule has 0 saturated heterocycles. The molecular weight excluding hydrogens is 445 g/mol. The van der Waals surface area contributed by atoms with Gasteiger partial charge in [0.05, 0.1) is 18.0 Å². The van der Waals surface area contributed by atoms with Gasteiger partial charge in [0.15, 0.2) is 17.1 Å². The third-order valence-corrected chi connectivity index (χ3v) is 5.86. The minimum Gasteiger partial charge on any atom is -0.481 e. The second-order valence-electron chi connectivity index (χ2n) is 7.25. The van der Waals surface area contributed by atoms with Crippen LogP contribution in [0.3, 0.4) is 0 Å². The van der Waals surface area contributed by atoms with Gasteiger partial charge in [-0.15, -0.1) is 10.2 Å². The number of anilines is 1. The molecule has 2 amide bonds. The molecule has 3 aromatic rings. The topological polar surface area (TPSA) is 98.1 Å². The van der Waals surface area contributed by atoms with Gasteiger partial charge in [-0.1, -0.05) is 43.0 Å². The quantitative estimate of drug-likeness (QED) is 0.440. The number of ether oxygens (including phenoxy) is 1. The fraction of sp³-hybridized carbons (Fsp3) is 0.304. The summed E-state index contributed by atoms with van der Waals surface area (Å²) in [5.74, 6) is 0.0512. The Balaban J connectivity index is 1.47. The van der Waals surface area contributed by atoms with Crippen LogP contribution in [0.25, 0.3) is 0 Å². The predicted molar refractivity (Wildman–Crippen MR) is 125 cm³/mol. The SMILES string of the molecule is CCc1ccc(O[C@H](C)C(=O)NCc2nnc(SCC(=O)Nc3ccccc3F)n2C)cc1. The first-order valence-corrected chi connectivity index (χ1v) is 11.4. The minimum absolute atomic E-state index is 0.0361. The number of thioether (sulfide) groups is 1. The zero-order chi connectivity index (χ0) is 23.8. The van der Waals surface area contributed by atoms with Crippen LogP contribution in [0.15, 0.2) is 53.7 Å². The summed E-state index contributed by atoms with van der Waals surface area (Å²) in [5, 5.41) is 13.9. The second-order valence-corrected chi connectivity index (χ2v) is 8.19. The number of amides is 2. The molecule has 0 radical (unpaired) electrons. The van der Waals surface area contributed by atoms with E-state index in [0.717, 1.165) is 18.2 Å². The van der Waals surface area contributed by atoms with Crippen molar-refractivity contribution in [2.45, 2.75) is 38.1 Å². The highest BCUT2D eigenvalue weighted by atomic mass is 32.2. The van der Waals surface area contributed by atoms with Crippen molar-refractivity contribution < 1.29 is 18.7 Å². The summed E-state index contributed by atoms with van der Waals surface area (Å²) >= 11 is 1.16. The van der Waals surface area contributed by atoms with Crippen molar-refractivity contribution in [2.24, 2.45) is 7.05 Å². The number of carbonyl (C=O) groups is 2. The fourth-order valence-electron chi connectivity index (χ4n) is 2.87. The standard InChI is InChI=1S/C23H26FN5O3S/c1-4-16-9-11-17(12-10-16)32-15(2)22(31)25-13-20-27-28-23(29(20)3)33-14-21(30)26-19-8-6-5-7-18(19)24/h5-12,15H,4,13-14H2,1-3H3,(H,25,31)(H,26,30)/t15-/m1/s1. The monoisotopic (exact) mass is 471 g/mol. The van der Waals surface area contributed by atoms with E-state index in [4.69, 9.17) is 4.74 Å². The zero-order valence-corrected chi connectivity index (χ0v) is 19.5. The van der Waals surface area contributed by atoms with Gasteiger partial charge in [-0.2, -0.15) is 0 Å². The summed E-state index contributed by atoms with van der Waals surface area (Å²) in [6, 6.07) is 13.6. The van der Waals surface area contributed by atoms with Crippen LogP contribution >= 0.6 is 11.8 Å². The van der Waals surface area contributed by atoms with Gasteiger partial charge in [-0.05, 0) is 43.2 Å². The molecule has 0 aliphatic heterocycles. The van der Waals surface area contributed by atoms with Gasteiger partial charge >= 0.3 is 0 Å². The van der Waals surface area contributed by atoms with Crippen LogP contribution in [0.5, 0.6) is 5.75 Å². The second kappa shape index (κ2) is 11.5. The lowest BCUT2D eigenvalue weighted by Gasteiger charge is -2.15. The minimum atomic E-state index is -0.679. The van der Waals surface area contributed by atoms with Gasteiger partial charge in [0.1, 0.15) is 11.6 Å². The number of nitrogens with one attached hydrogen (secondary N) is 2. The summed E-state index contributed by atoms with van der Waals surface area (Å²) in [4.78, 5) is 24.5. The molecule has 0 saturated carbocycles. The van der Waals surface area contributed by atoms with Crippen molar-refractivity contribution >= 4 is 29.3 Å². The van der Waals surface area contributed by atoms with Crippen LogP contribution in [-0.4, -0.2) is 38.4 Å². The number of para-hydroxylation sites is 1. The van der Waals surface area contributed by atoms with E-state index in [0.29, 0.717) is 16.7 Å². The molecule has 0 bridgehead atoms. The molecule has 174 valence electrons. The average Bonchev–Trinajstić information content (AvgIpc) is 3.17. The largest absolute Gasteiger partial charge is 0.481 e. The molecule has 1 atom stereocenters. The van der Waals surface area contributed by atoms with E-state index in [2.05, 4.69) is 27.8 Å². The van der Waals surface area contributed by atoms with Crippen LogP contribution in [0.1, 0.15) is 25.2 Å².